The van der Waals surface area contributed by atoms with Gasteiger partial charge in [0.1, 0.15) is 0 Å². The quantitative estimate of drug-likeness (QED) is 0.831. The van der Waals surface area contributed by atoms with Crippen molar-refractivity contribution in [3.63, 3.8) is 0 Å². The molecule has 0 saturated carbocycles. The van der Waals surface area contributed by atoms with Gasteiger partial charge in [0.2, 0.25) is 10.0 Å². The number of hydrogen-bond acceptors (Lipinski definition) is 3. The van der Waals surface area contributed by atoms with E-state index in [0.717, 1.165) is 43.4 Å². The van der Waals surface area contributed by atoms with Crippen molar-refractivity contribution in [2.24, 2.45) is 0 Å². The molecule has 1 aliphatic rings. The highest BCUT2D eigenvalue weighted by Gasteiger charge is 2.24. The van der Waals surface area contributed by atoms with E-state index < -0.39 is 10.0 Å². The Labute approximate surface area is 141 Å². The molecular formula is C14H22BrClN2O2S. The van der Waals surface area contributed by atoms with Crippen LogP contribution in [0.3, 0.4) is 0 Å². The molecule has 7 heteroatoms. The molecule has 21 heavy (non-hydrogen) atoms. The van der Waals surface area contributed by atoms with E-state index in [2.05, 4.69) is 32.5 Å². The Bertz CT molecular complexity index is 546. The van der Waals surface area contributed by atoms with Crippen molar-refractivity contribution in [1.82, 2.24) is 9.62 Å². The lowest BCUT2D eigenvalue weighted by atomic mass is 10.1. The summed E-state index contributed by atoms with van der Waals surface area (Å²) in [5, 5.41) is 0. The van der Waals surface area contributed by atoms with Crippen molar-refractivity contribution in [3.05, 3.63) is 28.7 Å². The minimum Gasteiger partial charge on any atom is -0.303 e. The Morgan fingerprint density at radius 1 is 1.33 bits per heavy atom. The van der Waals surface area contributed by atoms with Crippen LogP contribution < -0.4 is 4.72 Å². The van der Waals surface area contributed by atoms with Gasteiger partial charge in [0, 0.05) is 10.5 Å². The summed E-state index contributed by atoms with van der Waals surface area (Å²) in [4.78, 5) is 2.71. The average molecular weight is 398 g/mol. The van der Waals surface area contributed by atoms with Crippen LogP contribution >= 0.6 is 28.3 Å². The first kappa shape index (κ1) is 18.9. The minimum atomic E-state index is -3.41. The lowest BCUT2D eigenvalue weighted by Gasteiger charge is -2.31. The lowest BCUT2D eigenvalue weighted by molar-refractivity contribution is 0.208. The number of likely N-dealkylation sites (tertiary alicyclic amines) is 1. The standard InChI is InChI=1S/C14H21BrN2O2S.ClH/c1-2-8-17-9-6-13(7-10-17)16-20(18,19)14-5-3-4-12(15)11-14;/h3-5,11,13,16H,2,6-10H2,1H3;1H. The molecule has 0 aromatic heterocycles. The molecule has 2 rings (SSSR count). The third-order valence-electron chi connectivity index (χ3n) is 3.56. The van der Waals surface area contributed by atoms with Crippen molar-refractivity contribution in [1.29, 1.82) is 0 Å². The summed E-state index contributed by atoms with van der Waals surface area (Å²) in [5.74, 6) is 0. The van der Waals surface area contributed by atoms with Crippen molar-refractivity contribution in [2.45, 2.75) is 37.1 Å². The summed E-state index contributed by atoms with van der Waals surface area (Å²) in [6.45, 7) is 5.21. The van der Waals surface area contributed by atoms with E-state index >= 15 is 0 Å². The Morgan fingerprint density at radius 3 is 2.57 bits per heavy atom. The van der Waals surface area contributed by atoms with E-state index in [4.69, 9.17) is 0 Å². The third kappa shape index (κ3) is 5.53. The first-order chi connectivity index (χ1) is 9.51. The van der Waals surface area contributed by atoms with Crippen LogP contribution in [0.15, 0.2) is 33.6 Å². The van der Waals surface area contributed by atoms with Gasteiger partial charge in [0.15, 0.2) is 0 Å². The predicted molar refractivity (Wildman–Crippen MR) is 91.5 cm³/mol. The van der Waals surface area contributed by atoms with Gasteiger partial charge < -0.3 is 4.90 Å². The van der Waals surface area contributed by atoms with Crippen LogP contribution in [-0.2, 0) is 10.0 Å². The predicted octanol–water partition coefficient (Wildman–Crippen LogP) is 3.02. The van der Waals surface area contributed by atoms with Crippen LogP contribution in [-0.4, -0.2) is 39.0 Å². The Hall–Kier alpha value is -0.140. The summed E-state index contributed by atoms with van der Waals surface area (Å²) < 4.78 is 28.2. The SMILES string of the molecule is CCCN1CCC(NS(=O)(=O)c2cccc(Br)c2)CC1.Cl. The second kappa shape index (κ2) is 8.48. The minimum absolute atomic E-state index is 0. The fourth-order valence-electron chi connectivity index (χ4n) is 2.51. The zero-order valence-electron chi connectivity index (χ0n) is 12.1. The van der Waals surface area contributed by atoms with E-state index in [-0.39, 0.29) is 18.4 Å². The normalized spacial score (nSPS) is 17.4. The maximum Gasteiger partial charge on any atom is 0.240 e. The van der Waals surface area contributed by atoms with Gasteiger partial charge in [0.25, 0.3) is 0 Å². The molecular weight excluding hydrogens is 376 g/mol. The van der Waals surface area contributed by atoms with Crippen LogP contribution in [0.4, 0.5) is 0 Å². The molecule has 1 aliphatic heterocycles. The summed E-state index contributed by atoms with van der Waals surface area (Å²) in [7, 11) is -3.41. The molecule has 0 amide bonds. The van der Waals surface area contributed by atoms with Gasteiger partial charge in [-0.3, -0.25) is 0 Å². The van der Waals surface area contributed by atoms with Crippen LogP contribution in [0.25, 0.3) is 0 Å². The van der Waals surface area contributed by atoms with Gasteiger partial charge in [-0.15, -0.1) is 12.4 Å². The monoisotopic (exact) mass is 396 g/mol. The van der Waals surface area contributed by atoms with E-state index in [1.165, 1.54) is 0 Å². The summed E-state index contributed by atoms with van der Waals surface area (Å²) >= 11 is 3.31. The maximum atomic E-state index is 12.3. The number of rotatable bonds is 5. The highest BCUT2D eigenvalue weighted by atomic mass is 79.9. The van der Waals surface area contributed by atoms with Gasteiger partial charge in [-0.05, 0) is 57.1 Å². The number of sulfonamides is 1. The maximum absolute atomic E-state index is 12.3. The van der Waals surface area contributed by atoms with E-state index in [1.54, 1.807) is 18.2 Å². The van der Waals surface area contributed by atoms with Gasteiger partial charge in [-0.25, -0.2) is 13.1 Å². The zero-order chi connectivity index (χ0) is 14.6. The molecule has 0 radical (unpaired) electrons. The molecule has 0 atom stereocenters. The molecule has 120 valence electrons. The van der Waals surface area contributed by atoms with Gasteiger partial charge in [0.05, 0.1) is 4.90 Å². The van der Waals surface area contributed by atoms with E-state index in [0.29, 0.717) is 4.90 Å². The number of piperidine rings is 1. The lowest BCUT2D eigenvalue weighted by Crippen LogP contribution is -2.44. The molecule has 4 nitrogen and oxygen atoms in total. The molecule has 1 saturated heterocycles. The van der Waals surface area contributed by atoms with Gasteiger partial charge in [-0.2, -0.15) is 0 Å². The smallest absolute Gasteiger partial charge is 0.240 e. The molecule has 0 bridgehead atoms. The Kier molecular flexibility index (Phi) is 7.64. The fourth-order valence-corrected chi connectivity index (χ4v) is 4.41. The second-order valence-electron chi connectivity index (χ2n) is 5.19. The molecule has 0 unspecified atom stereocenters. The number of halogens is 2. The number of nitrogens with zero attached hydrogens (tertiary/aromatic N) is 1. The molecule has 0 aliphatic carbocycles. The van der Waals surface area contributed by atoms with Crippen LogP contribution in [0, 0.1) is 0 Å². The zero-order valence-corrected chi connectivity index (χ0v) is 15.3. The second-order valence-corrected chi connectivity index (χ2v) is 7.82. The molecule has 1 fully saturated rings. The van der Waals surface area contributed by atoms with Crippen molar-refractivity contribution in [3.8, 4) is 0 Å². The summed E-state index contributed by atoms with van der Waals surface area (Å²) in [6.07, 6.45) is 2.91. The van der Waals surface area contributed by atoms with Crippen molar-refractivity contribution in [2.75, 3.05) is 19.6 Å². The summed E-state index contributed by atoms with van der Waals surface area (Å²) in [5.41, 5.74) is 0. The molecule has 1 aromatic carbocycles. The fraction of sp³-hybridized carbons (Fsp3) is 0.571. The number of nitrogens with one attached hydrogen (secondary N) is 1. The Balaban J connectivity index is 0.00000220. The topological polar surface area (TPSA) is 49.4 Å². The van der Waals surface area contributed by atoms with Crippen LogP contribution in [0.2, 0.25) is 0 Å². The van der Waals surface area contributed by atoms with E-state index in [9.17, 15) is 8.42 Å². The van der Waals surface area contributed by atoms with Crippen molar-refractivity contribution >= 4 is 38.4 Å². The highest BCUT2D eigenvalue weighted by Crippen LogP contribution is 2.18. The molecule has 1 aromatic rings. The third-order valence-corrected chi connectivity index (χ3v) is 5.57. The highest BCUT2D eigenvalue weighted by molar-refractivity contribution is 9.10. The summed E-state index contributed by atoms with van der Waals surface area (Å²) in [6, 6.07) is 6.87. The number of benzene rings is 1. The molecule has 1 heterocycles. The van der Waals surface area contributed by atoms with Gasteiger partial charge >= 0.3 is 0 Å². The largest absolute Gasteiger partial charge is 0.303 e. The van der Waals surface area contributed by atoms with Crippen molar-refractivity contribution < 1.29 is 8.42 Å². The Morgan fingerprint density at radius 2 is 2.00 bits per heavy atom. The molecule has 0 spiro atoms. The van der Waals surface area contributed by atoms with Crippen LogP contribution in [0.5, 0.6) is 0 Å². The number of hydrogen-bond donors (Lipinski definition) is 1. The van der Waals surface area contributed by atoms with E-state index in [1.807, 2.05) is 6.07 Å². The first-order valence-corrected chi connectivity index (χ1v) is 9.29. The average Bonchev–Trinajstić information content (AvgIpc) is 2.41. The molecule has 1 N–H and O–H groups in total. The van der Waals surface area contributed by atoms with Gasteiger partial charge in [-0.1, -0.05) is 28.9 Å². The first-order valence-electron chi connectivity index (χ1n) is 7.01. The van der Waals surface area contributed by atoms with Crippen LogP contribution in [0.1, 0.15) is 26.2 Å².